The molecule has 0 aliphatic carbocycles. The number of carbonyl (C=O) groups excluding carboxylic acids is 1. The van der Waals surface area contributed by atoms with Crippen molar-refractivity contribution in [2.75, 3.05) is 19.8 Å². The van der Waals surface area contributed by atoms with E-state index in [9.17, 15) is 45.6 Å². The summed E-state index contributed by atoms with van der Waals surface area (Å²) in [6.45, 7) is 2.56. The number of nitrogens with one attached hydrogen (secondary N) is 1. The van der Waals surface area contributed by atoms with Crippen LogP contribution in [0.5, 0.6) is 0 Å². The van der Waals surface area contributed by atoms with Crippen LogP contribution in [0.15, 0.2) is 109 Å². The monoisotopic (exact) mass is 1080 g/mol. The lowest BCUT2D eigenvalue weighted by Crippen LogP contribution is -2.65. The highest BCUT2D eigenvalue weighted by Crippen LogP contribution is 2.30. The van der Waals surface area contributed by atoms with Crippen LogP contribution in [0.1, 0.15) is 187 Å². The Kier molecular flexibility index (Phi) is 43.0. The maximum atomic E-state index is 13.1. The number of aliphatic hydroxyl groups excluding tert-OH is 8. The highest BCUT2D eigenvalue weighted by atomic mass is 16.7. The fourth-order valence-electron chi connectivity index (χ4n) is 8.95. The predicted molar refractivity (Wildman–Crippen MR) is 309 cm³/mol. The molecule has 2 rings (SSSR count). The maximum absolute atomic E-state index is 13.1. The summed E-state index contributed by atoms with van der Waals surface area (Å²) in [7, 11) is 0. The van der Waals surface area contributed by atoms with E-state index in [1.165, 1.54) is 51.4 Å². The molecule has 1 amide bonds. The van der Waals surface area contributed by atoms with Gasteiger partial charge in [0.25, 0.3) is 0 Å². The topological polar surface area (TPSA) is 228 Å². The second-order valence-electron chi connectivity index (χ2n) is 20.4. The van der Waals surface area contributed by atoms with E-state index in [1.54, 1.807) is 6.08 Å². The van der Waals surface area contributed by atoms with Crippen LogP contribution >= 0.6 is 0 Å². The molecule has 0 saturated carbocycles. The zero-order chi connectivity index (χ0) is 56.0. The standard InChI is InChI=1S/C63H105NO13/c1-3-5-7-9-11-12-13-14-15-16-17-18-19-20-21-22-23-24-25-26-27-28-29-30-31-32-33-34-35-36-37-38-39-40-41-43-45-47-55(68)64-51(52(67)46-44-42-10-8-6-4-2)50-74-62-60(73)58(71)61(54(49-66)76-62)77-63-59(72)57(70)56(69)53(48-65)75-63/h5,7,11-12,14-15,17-18,20-21,23-24,26-27,29-30,44,46,51-54,56-63,65-67,69-73H,3-4,6,8-10,13,16,19,22,25,28,31-43,45,47-50H2,1-2H3,(H,64,68)/b7-5-,12-11-,15-14-,18-17-,21-20-,24-23-,27-26-,30-29-,46-44+. The summed E-state index contributed by atoms with van der Waals surface area (Å²) in [4.78, 5) is 13.1. The first-order chi connectivity index (χ1) is 37.6. The van der Waals surface area contributed by atoms with Gasteiger partial charge in [-0.2, -0.15) is 0 Å². The van der Waals surface area contributed by atoms with Gasteiger partial charge in [0.2, 0.25) is 5.91 Å². The summed E-state index contributed by atoms with van der Waals surface area (Å²) in [5.74, 6) is -0.253. The first-order valence-corrected chi connectivity index (χ1v) is 29.6. The maximum Gasteiger partial charge on any atom is 0.220 e. The number of aliphatic hydroxyl groups is 8. The molecule has 2 saturated heterocycles. The average molecular weight is 1080 g/mol. The highest BCUT2D eigenvalue weighted by molar-refractivity contribution is 5.76. The normalized spacial score (nSPS) is 25.5. The summed E-state index contributed by atoms with van der Waals surface area (Å²) < 4.78 is 22.6. The fraction of sp³-hybridized carbons (Fsp3) is 0.698. The minimum atomic E-state index is -1.79. The third-order valence-corrected chi connectivity index (χ3v) is 13.7. The van der Waals surface area contributed by atoms with Crippen LogP contribution in [-0.4, -0.2) is 140 Å². The zero-order valence-corrected chi connectivity index (χ0v) is 47.2. The van der Waals surface area contributed by atoms with E-state index >= 15 is 0 Å². The van der Waals surface area contributed by atoms with Gasteiger partial charge in [-0.3, -0.25) is 4.79 Å². The summed E-state index contributed by atoms with van der Waals surface area (Å²) in [5, 5.41) is 86.5. The first-order valence-electron chi connectivity index (χ1n) is 29.6. The molecule has 77 heavy (non-hydrogen) atoms. The smallest absolute Gasteiger partial charge is 0.220 e. The van der Waals surface area contributed by atoms with Crippen molar-refractivity contribution < 1.29 is 64.6 Å². The van der Waals surface area contributed by atoms with Crippen molar-refractivity contribution in [1.29, 1.82) is 0 Å². The van der Waals surface area contributed by atoms with Gasteiger partial charge in [-0.15, -0.1) is 0 Å². The van der Waals surface area contributed by atoms with Gasteiger partial charge in [-0.1, -0.05) is 207 Å². The first kappa shape index (κ1) is 69.8. The number of unbranched alkanes of at least 4 members (excludes halogenated alkanes) is 16. The van der Waals surface area contributed by atoms with Crippen molar-refractivity contribution in [3.05, 3.63) is 109 Å². The Hall–Kier alpha value is -3.35. The molecule has 2 aliphatic rings. The Bertz CT molecular complexity index is 1700. The van der Waals surface area contributed by atoms with Crippen LogP contribution in [0, 0.1) is 0 Å². The largest absolute Gasteiger partial charge is 0.394 e. The van der Waals surface area contributed by atoms with E-state index in [1.807, 2.05) is 6.08 Å². The molecule has 440 valence electrons. The SMILES string of the molecule is CC/C=C\C/C=C\C/C=C\C/C=C\C/C=C\C/C=C\C/C=C\C/C=C\CCCCCCCCCCCCCCC(=O)NC(COC1OC(CO)C(OC2OC(CO)C(O)C(O)C2O)C(O)C1O)C(O)/C=C/CCCCCC. The lowest BCUT2D eigenvalue weighted by atomic mass is 9.97. The van der Waals surface area contributed by atoms with Gasteiger partial charge in [-0.25, -0.2) is 0 Å². The molecule has 12 unspecified atom stereocenters. The molecule has 2 heterocycles. The number of ether oxygens (including phenoxy) is 4. The van der Waals surface area contributed by atoms with E-state index in [2.05, 4.69) is 116 Å². The molecule has 2 fully saturated rings. The Morgan fingerprint density at radius 2 is 0.896 bits per heavy atom. The number of hydrogen-bond acceptors (Lipinski definition) is 13. The third-order valence-electron chi connectivity index (χ3n) is 13.7. The van der Waals surface area contributed by atoms with Crippen LogP contribution in [0.4, 0.5) is 0 Å². The van der Waals surface area contributed by atoms with Crippen LogP contribution in [0.3, 0.4) is 0 Å². The molecule has 2 aliphatic heterocycles. The van der Waals surface area contributed by atoms with Crippen LogP contribution in [0.2, 0.25) is 0 Å². The minimum Gasteiger partial charge on any atom is -0.394 e. The zero-order valence-electron chi connectivity index (χ0n) is 47.2. The molecule has 0 aromatic carbocycles. The molecule has 0 aromatic rings. The van der Waals surface area contributed by atoms with Crippen molar-refractivity contribution in [3.8, 4) is 0 Å². The molecule has 12 atom stereocenters. The Labute approximate surface area is 464 Å². The molecule has 14 nitrogen and oxygen atoms in total. The van der Waals surface area contributed by atoms with Crippen LogP contribution in [0.25, 0.3) is 0 Å². The summed E-state index contributed by atoms with van der Waals surface area (Å²) in [6, 6.07) is -0.918. The predicted octanol–water partition coefficient (Wildman–Crippen LogP) is 10.1. The van der Waals surface area contributed by atoms with E-state index in [-0.39, 0.29) is 18.9 Å². The number of rotatable bonds is 45. The van der Waals surface area contributed by atoms with Gasteiger partial charge in [0.1, 0.15) is 48.8 Å². The van der Waals surface area contributed by atoms with Crippen LogP contribution in [-0.2, 0) is 23.7 Å². The summed E-state index contributed by atoms with van der Waals surface area (Å²) in [5.41, 5.74) is 0. The van der Waals surface area contributed by atoms with Crippen molar-refractivity contribution in [2.24, 2.45) is 0 Å². The number of hydrogen-bond donors (Lipinski definition) is 9. The van der Waals surface area contributed by atoms with Crippen molar-refractivity contribution >= 4 is 5.91 Å². The molecule has 0 radical (unpaired) electrons. The van der Waals surface area contributed by atoms with E-state index in [0.29, 0.717) is 6.42 Å². The molecule has 9 N–H and O–H groups in total. The second kappa shape index (κ2) is 47.5. The van der Waals surface area contributed by atoms with Gasteiger partial charge in [0.05, 0.1) is 32.0 Å². The van der Waals surface area contributed by atoms with Crippen LogP contribution < -0.4 is 5.32 Å². The van der Waals surface area contributed by atoms with Gasteiger partial charge < -0.3 is 65.1 Å². The fourth-order valence-corrected chi connectivity index (χ4v) is 8.95. The Morgan fingerprint density at radius 1 is 0.481 bits per heavy atom. The van der Waals surface area contributed by atoms with Crippen molar-refractivity contribution in [1.82, 2.24) is 5.32 Å². The second-order valence-corrected chi connectivity index (χ2v) is 20.4. The Morgan fingerprint density at radius 3 is 1.38 bits per heavy atom. The number of allylic oxidation sites excluding steroid dienone is 17. The van der Waals surface area contributed by atoms with Gasteiger partial charge in [0.15, 0.2) is 12.6 Å². The van der Waals surface area contributed by atoms with E-state index in [0.717, 1.165) is 109 Å². The third kappa shape index (κ3) is 33.1. The highest BCUT2D eigenvalue weighted by Gasteiger charge is 2.51. The minimum absolute atomic E-state index is 0.253. The van der Waals surface area contributed by atoms with E-state index < -0.39 is 86.8 Å². The lowest BCUT2D eigenvalue weighted by molar-refractivity contribution is -0.359. The van der Waals surface area contributed by atoms with Crippen molar-refractivity contribution in [2.45, 2.75) is 261 Å². The molecular weight excluding hydrogens is 979 g/mol. The number of amides is 1. The van der Waals surface area contributed by atoms with E-state index in [4.69, 9.17) is 18.9 Å². The van der Waals surface area contributed by atoms with Gasteiger partial charge >= 0.3 is 0 Å². The van der Waals surface area contributed by atoms with Crippen molar-refractivity contribution in [3.63, 3.8) is 0 Å². The summed E-state index contributed by atoms with van der Waals surface area (Å²) in [6.07, 6.45) is 50.5. The molecule has 0 aromatic heterocycles. The van der Waals surface area contributed by atoms with Gasteiger partial charge in [0, 0.05) is 6.42 Å². The Balaban J connectivity index is 1.56. The quantitative estimate of drug-likeness (QED) is 0.0205. The molecule has 14 heteroatoms. The average Bonchev–Trinajstić information content (AvgIpc) is 3.43. The molecule has 0 bridgehead atoms. The summed E-state index contributed by atoms with van der Waals surface area (Å²) >= 11 is 0. The lowest BCUT2D eigenvalue weighted by Gasteiger charge is -2.46. The molecular formula is C63H105NO13. The van der Waals surface area contributed by atoms with Gasteiger partial charge in [-0.05, 0) is 83.5 Å². The molecule has 0 spiro atoms. The number of carbonyl (C=O) groups is 1.